The number of ether oxygens (including phenoxy) is 1. The predicted octanol–water partition coefficient (Wildman–Crippen LogP) is 1.20. The van der Waals surface area contributed by atoms with Gasteiger partial charge in [-0.1, -0.05) is 5.16 Å². The zero-order valence-corrected chi connectivity index (χ0v) is 12.1. The molecule has 0 atom stereocenters. The molecule has 1 heterocycles. The van der Waals surface area contributed by atoms with E-state index >= 15 is 0 Å². The normalized spacial score (nSPS) is 10.3. The van der Waals surface area contributed by atoms with Crippen molar-refractivity contribution in [2.24, 2.45) is 0 Å². The molecule has 0 aliphatic heterocycles. The molecule has 1 rings (SSSR count). The fourth-order valence-electron chi connectivity index (χ4n) is 1.63. The monoisotopic (exact) mass is 283 g/mol. The number of anilines is 1. The molecule has 0 saturated heterocycles. The summed E-state index contributed by atoms with van der Waals surface area (Å²) in [6.45, 7) is 6.78. The molecule has 2 amide bonds. The second-order valence-corrected chi connectivity index (χ2v) is 4.36. The molecule has 0 aromatic carbocycles. The molecule has 0 bridgehead atoms. The molecule has 0 radical (unpaired) electrons. The quantitative estimate of drug-likeness (QED) is 0.725. The van der Waals surface area contributed by atoms with Crippen LogP contribution in [-0.4, -0.2) is 48.2 Å². The number of aryl methyl sites for hydroxylation is 1. The highest BCUT2D eigenvalue weighted by Gasteiger charge is 2.14. The van der Waals surface area contributed by atoms with E-state index in [4.69, 9.17) is 9.26 Å². The summed E-state index contributed by atoms with van der Waals surface area (Å²) in [5.74, 6) is 0.517. The second kappa shape index (κ2) is 8.31. The number of hydrogen-bond donors (Lipinski definition) is 1. The van der Waals surface area contributed by atoms with E-state index in [1.165, 1.54) is 11.8 Å². The highest BCUT2D eigenvalue weighted by Crippen LogP contribution is 2.07. The van der Waals surface area contributed by atoms with Crippen LogP contribution in [0.15, 0.2) is 10.6 Å². The standard InChI is InChI=1S/C13H21N3O4/c1-4-19-7-5-6-16(11(3)17)9-13(18)14-12-8-10(2)20-15-12/h8H,4-7,9H2,1-3H3,(H,14,15,18). The first kappa shape index (κ1) is 16.2. The molecule has 0 spiro atoms. The zero-order valence-electron chi connectivity index (χ0n) is 12.1. The van der Waals surface area contributed by atoms with E-state index in [0.717, 1.165) is 0 Å². The lowest BCUT2D eigenvalue weighted by Gasteiger charge is -2.20. The summed E-state index contributed by atoms with van der Waals surface area (Å²) in [6.07, 6.45) is 0.698. The largest absolute Gasteiger partial charge is 0.382 e. The Morgan fingerprint density at radius 3 is 2.80 bits per heavy atom. The van der Waals surface area contributed by atoms with Crippen LogP contribution in [0, 0.1) is 6.92 Å². The Bertz CT molecular complexity index is 445. The Kier molecular flexibility index (Phi) is 6.72. The van der Waals surface area contributed by atoms with Gasteiger partial charge >= 0.3 is 0 Å². The number of hydrogen-bond acceptors (Lipinski definition) is 5. The van der Waals surface area contributed by atoms with Gasteiger partial charge in [0.2, 0.25) is 11.8 Å². The van der Waals surface area contributed by atoms with Crippen LogP contribution in [-0.2, 0) is 14.3 Å². The summed E-state index contributed by atoms with van der Waals surface area (Å²) in [7, 11) is 0. The lowest BCUT2D eigenvalue weighted by atomic mass is 10.3. The van der Waals surface area contributed by atoms with Crippen molar-refractivity contribution >= 4 is 17.6 Å². The molecule has 1 N–H and O–H groups in total. The minimum atomic E-state index is -0.301. The third-order valence-electron chi connectivity index (χ3n) is 2.60. The van der Waals surface area contributed by atoms with Crippen LogP contribution in [0.2, 0.25) is 0 Å². The highest BCUT2D eigenvalue weighted by atomic mass is 16.5. The second-order valence-electron chi connectivity index (χ2n) is 4.36. The van der Waals surface area contributed by atoms with Gasteiger partial charge in [0.1, 0.15) is 5.76 Å². The molecule has 1 aromatic heterocycles. The third-order valence-corrected chi connectivity index (χ3v) is 2.60. The minimum Gasteiger partial charge on any atom is -0.382 e. The first-order chi connectivity index (χ1) is 9.52. The van der Waals surface area contributed by atoms with E-state index in [1.807, 2.05) is 6.92 Å². The fraction of sp³-hybridized carbons (Fsp3) is 0.615. The molecule has 0 unspecified atom stereocenters. The Balaban J connectivity index is 2.40. The maximum absolute atomic E-state index is 11.8. The van der Waals surface area contributed by atoms with Gasteiger partial charge in [0, 0.05) is 32.7 Å². The van der Waals surface area contributed by atoms with E-state index in [9.17, 15) is 9.59 Å². The highest BCUT2D eigenvalue weighted by molar-refractivity contribution is 5.93. The summed E-state index contributed by atoms with van der Waals surface area (Å²) in [5.41, 5.74) is 0. The predicted molar refractivity (Wildman–Crippen MR) is 73.2 cm³/mol. The number of nitrogens with zero attached hydrogens (tertiary/aromatic N) is 2. The van der Waals surface area contributed by atoms with E-state index in [0.29, 0.717) is 37.8 Å². The smallest absolute Gasteiger partial charge is 0.245 e. The molecule has 112 valence electrons. The fourth-order valence-corrected chi connectivity index (χ4v) is 1.63. The SMILES string of the molecule is CCOCCCN(CC(=O)Nc1cc(C)on1)C(C)=O. The first-order valence-electron chi connectivity index (χ1n) is 6.59. The Labute approximate surface area is 118 Å². The number of nitrogens with one attached hydrogen (secondary N) is 1. The lowest BCUT2D eigenvalue weighted by Crippen LogP contribution is -2.37. The summed E-state index contributed by atoms with van der Waals surface area (Å²) in [4.78, 5) is 24.8. The molecule has 0 saturated carbocycles. The van der Waals surface area contributed by atoms with E-state index in [2.05, 4.69) is 10.5 Å². The first-order valence-corrected chi connectivity index (χ1v) is 6.59. The van der Waals surface area contributed by atoms with Crippen LogP contribution in [0.1, 0.15) is 26.0 Å². The van der Waals surface area contributed by atoms with Crippen molar-refractivity contribution in [2.75, 3.05) is 31.6 Å². The zero-order chi connectivity index (χ0) is 15.0. The van der Waals surface area contributed by atoms with Gasteiger partial charge in [-0.25, -0.2) is 0 Å². The van der Waals surface area contributed by atoms with Crippen LogP contribution >= 0.6 is 0 Å². The van der Waals surface area contributed by atoms with Gasteiger partial charge in [0.05, 0.1) is 6.54 Å². The maximum atomic E-state index is 11.8. The summed E-state index contributed by atoms with van der Waals surface area (Å²) >= 11 is 0. The van der Waals surface area contributed by atoms with Gasteiger partial charge in [0.25, 0.3) is 0 Å². The van der Waals surface area contributed by atoms with Gasteiger partial charge in [-0.3, -0.25) is 9.59 Å². The van der Waals surface area contributed by atoms with Gasteiger partial charge < -0.3 is 19.5 Å². The van der Waals surface area contributed by atoms with E-state index in [-0.39, 0.29) is 18.4 Å². The molecule has 0 aliphatic rings. The maximum Gasteiger partial charge on any atom is 0.245 e. The molecule has 7 nitrogen and oxygen atoms in total. The Morgan fingerprint density at radius 1 is 1.50 bits per heavy atom. The minimum absolute atomic E-state index is 0.00658. The van der Waals surface area contributed by atoms with Crippen molar-refractivity contribution in [3.05, 3.63) is 11.8 Å². The molecule has 0 fully saturated rings. The van der Waals surface area contributed by atoms with E-state index < -0.39 is 0 Å². The molecule has 7 heteroatoms. The molecule has 20 heavy (non-hydrogen) atoms. The van der Waals surface area contributed by atoms with Crippen molar-refractivity contribution in [2.45, 2.75) is 27.2 Å². The van der Waals surface area contributed by atoms with Crippen molar-refractivity contribution in [3.63, 3.8) is 0 Å². The number of amides is 2. The van der Waals surface area contributed by atoms with Crippen LogP contribution in [0.5, 0.6) is 0 Å². The van der Waals surface area contributed by atoms with Crippen LogP contribution < -0.4 is 5.32 Å². The van der Waals surface area contributed by atoms with Crippen molar-refractivity contribution in [1.82, 2.24) is 10.1 Å². The van der Waals surface area contributed by atoms with Crippen molar-refractivity contribution < 1.29 is 18.8 Å². The van der Waals surface area contributed by atoms with Crippen molar-refractivity contribution in [1.29, 1.82) is 0 Å². The molecular formula is C13H21N3O4. The number of carbonyl (C=O) groups excluding carboxylic acids is 2. The number of rotatable bonds is 8. The van der Waals surface area contributed by atoms with Crippen molar-refractivity contribution in [3.8, 4) is 0 Å². The third kappa shape index (κ3) is 5.83. The van der Waals surface area contributed by atoms with Crippen LogP contribution in [0.25, 0.3) is 0 Å². The van der Waals surface area contributed by atoms with Crippen LogP contribution in [0.4, 0.5) is 5.82 Å². The van der Waals surface area contributed by atoms with E-state index in [1.54, 1.807) is 13.0 Å². The topological polar surface area (TPSA) is 84.7 Å². The van der Waals surface area contributed by atoms with Gasteiger partial charge in [0.15, 0.2) is 5.82 Å². The average Bonchev–Trinajstić information content (AvgIpc) is 2.78. The van der Waals surface area contributed by atoms with Gasteiger partial charge in [-0.05, 0) is 20.3 Å². The van der Waals surface area contributed by atoms with Crippen LogP contribution in [0.3, 0.4) is 0 Å². The lowest BCUT2D eigenvalue weighted by molar-refractivity contribution is -0.133. The molecular weight excluding hydrogens is 262 g/mol. The number of aromatic nitrogens is 1. The van der Waals surface area contributed by atoms with Gasteiger partial charge in [-0.15, -0.1) is 0 Å². The Morgan fingerprint density at radius 2 is 2.25 bits per heavy atom. The molecule has 1 aromatic rings. The summed E-state index contributed by atoms with van der Waals surface area (Å²) in [5, 5.41) is 6.24. The van der Waals surface area contributed by atoms with Gasteiger partial charge in [-0.2, -0.15) is 0 Å². The number of carbonyl (C=O) groups is 2. The molecule has 0 aliphatic carbocycles. The average molecular weight is 283 g/mol. The summed E-state index contributed by atoms with van der Waals surface area (Å²) < 4.78 is 10.1. The Hall–Kier alpha value is -1.89. The summed E-state index contributed by atoms with van der Waals surface area (Å²) in [6, 6.07) is 1.62.